The molecule has 100 valence electrons. The largest absolute Gasteiger partial charge is 0.598 e. The fourth-order valence-electron chi connectivity index (χ4n) is 3.15. The molecule has 0 radical (unpaired) electrons. The van der Waals surface area contributed by atoms with E-state index in [9.17, 15) is 4.55 Å². The van der Waals surface area contributed by atoms with Crippen LogP contribution in [0.1, 0.15) is 52.9 Å². The monoisotopic (exact) mass is 258 g/mol. The molecule has 0 aromatic rings. The predicted molar refractivity (Wildman–Crippen MR) is 73.2 cm³/mol. The summed E-state index contributed by atoms with van der Waals surface area (Å²) in [6.45, 7) is 8.38. The van der Waals surface area contributed by atoms with Crippen molar-refractivity contribution in [3.8, 4) is 0 Å². The Hall–Kier alpha value is 0.230. The molecular formula is C13H26N2OS. The molecule has 0 unspecified atom stereocenters. The van der Waals surface area contributed by atoms with Crippen LogP contribution in [0, 0.1) is 5.41 Å². The predicted octanol–water partition coefficient (Wildman–Crippen LogP) is 1.96. The van der Waals surface area contributed by atoms with Crippen LogP contribution in [0.15, 0.2) is 0 Å². The van der Waals surface area contributed by atoms with E-state index >= 15 is 0 Å². The van der Waals surface area contributed by atoms with Gasteiger partial charge >= 0.3 is 0 Å². The number of nitrogens with one attached hydrogen (secondary N) is 2. The van der Waals surface area contributed by atoms with E-state index in [1.807, 2.05) is 20.8 Å². The highest BCUT2D eigenvalue weighted by molar-refractivity contribution is 7.90. The summed E-state index contributed by atoms with van der Waals surface area (Å²) in [6.07, 6.45) is 6.28. The Bertz CT molecular complexity index is 259. The number of hydrogen-bond acceptors (Lipinski definition) is 3. The van der Waals surface area contributed by atoms with Crippen molar-refractivity contribution < 1.29 is 4.55 Å². The van der Waals surface area contributed by atoms with E-state index in [1.54, 1.807) is 0 Å². The third-order valence-electron chi connectivity index (χ3n) is 4.31. The van der Waals surface area contributed by atoms with Gasteiger partial charge in [-0.05, 0) is 65.0 Å². The van der Waals surface area contributed by atoms with Gasteiger partial charge in [0.05, 0.1) is 6.04 Å². The number of rotatable bonds is 2. The van der Waals surface area contributed by atoms with Crippen molar-refractivity contribution in [2.45, 2.75) is 63.7 Å². The summed E-state index contributed by atoms with van der Waals surface area (Å²) in [5.41, 5.74) is 0.423. The standard InChI is InChI=1S/C13H26N2OS/c1-12(2,3)17(16)15-11-5-4-6-13(11)7-9-14-10-8-13/h11,14-15H,4-10H2,1-3H3/t11-,17-/m0/s1. The van der Waals surface area contributed by atoms with Gasteiger partial charge in [-0.1, -0.05) is 6.42 Å². The van der Waals surface area contributed by atoms with E-state index in [2.05, 4.69) is 10.0 Å². The second-order valence-electron chi connectivity index (χ2n) is 6.56. The zero-order valence-electron chi connectivity index (χ0n) is 11.3. The van der Waals surface area contributed by atoms with Crippen LogP contribution in [-0.4, -0.2) is 28.4 Å². The van der Waals surface area contributed by atoms with E-state index in [0.29, 0.717) is 11.5 Å². The van der Waals surface area contributed by atoms with Gasteiger partial charge < -0.3 is 9.87 Å². The Kier molecular flexibility index (Phi) is 4.08. The molecule has 2 fully saturated rings. The second-order valence-corrected chi connectivity index (χ2v) is 8.55. The minimum atomic E-state index is -0.925. The van der Waals surface area contributed by atoms with E-state index in [1.165, 1.54) is 32.1 Å². The molecule has 1 heterocycles. The Morgan fingerprint density at radius 1 is 1.24 bits per heavy atom. The molecule has 1 aliphatic heterocycles. The van der Waals surface area contributed by atoms with Gasteiger partial charge in [0.1, 0.15) is 4.75 Å². The summed E-state index contributed by atoms with van der Waals surface area (Å²) < 4.78 is 15.5. The molecule has 3 nitrogen and oxygen atoms in total. The van der Waals surface area contributed by atoms with E-state index in [4.69, 9.17) is 0 Å². The molecule has 0 bridgehead atoms. The first-order chi connectivity index (χ1) is 7.94. The van der Waals surface area contributed by atoms with Crippen molar-refractivity contribution >= 4 is 11.4 Å². The average molecular weight is 258 g/mol. The fraction of sp³-hybridized carbons (Fsp3) is 1.00. The minimum Gasteiger partial charge on any atom is -0.598 e. The van der Waals surface area contributed by atoms with Crippen molar-refractivity contribution in [3.05, 3.63) is 0 Å². The van der Waals surface area contributed by atoms with Crippen LogP contribution in [-0.2, 0) is 11.4 Å². The molecule has 1 saturated carbocycles. The summed E-state index contributed by atoms with van der Waals surface area (Å²) in [7, 11) is 0. The second kappa shape index (κ2) is 5.08. The Morgan fingerprint density at radius 3 is 2.47 bits per heavy atom. The lowest BCUT2D eigenvalue weighted by Crippen LogP contribution is -2.52. The zero-order valence-corrected chi connectivity index (χ0v) is 12.2. The van der Waals surface area contributed by atoms with E-state index in [-0.39, 0.29) is 4.75 Å². The van der Waals surface area contributed by atoms with Crippen LogP contribution in [0.3, 0.4) is 0 Å². The Balaban J connectivity index is 1.99. The van der Waals surface area contributed by atoms with Crippen LogP contribution in [0.25, 0.3) is 0 Å². The molecule has 0 amide bonds. The van der Waals surface area contributed by atoms with Gasteiger partial charge in [-0.25, -0.2) is 0 Å². The highest BCUT2D eigenvalue weighted by Gasteiger charge is 2.46. The third kappa shape index (κ3) is 2.98. The van der Waals surface area contributed by atoms with Crippen LogP contribution in [0.4, 0.5) is 0 Å². The molecule has 1 saturated heterocycles. The molecule has 0 aromatic heterocycles. The Morgan fingerprint density at radius 2 is 1.88 bits per heavy atom. The summed E-state index contributed by atoms with van der Waals surface area (Å²) in [5, 5.41) is 3.44. The Labute approximate surface area is 108 Å². The van der Waals surface area contributed by atoms with Gasteiger partial charge in [0.25, 0.3) is 0 Å². The van der Waals surface area contributed by atoms with Gasteiger partial charge in [0.15, 0.2) is 0 Å². The van der Waals surface area contributed by atoms with Gasteiger partial charge in [-0.2, -0.15) is 0 Å². The first-order valence-electron chi connectivity index (χ1n) is 6.83. The normalized spacial score (nSPS) is 30.7. The van der Waals surface area contributed by atoms with E-state index < -0.39 is 11.4 Å². The number of piperidine rings is 1. The SMILES string of the molecule is CC(C)(C)[S@+]([O-])N[C@H]1CCCC12CCNCC2. The van der Waals surface area contributed by atoms with Crippen molar-refractivity contribution in [2.75, 3.05) is 13.1 Å². The van der Waals surface area contributed by atoms with Crippen LogP contribution < -0.4 is 10.0 Å². The first kappa shape index (κ1) is 13.7. The number of hydrogen-bond donors (Lipinski definition) is 2. The van der Waals surface area contributed by atoms with Crippen LogP contribution in [0.2, 0.25) is 0 Å². The van der Waals surface area contributed by atoms with Crippen molar-refractivity contribution in [1.29, 1.82) is 0 Å². The molecule has 2 atom stereocenters. The molecule has 1 aliphatic carbocycles. The van der Waals surface area contributed by atoms with Crippen LogP contribution >= 0.6 is 0 Å². The van der Waals surface area contributed by atoms with Crippen molar-refractivity contribution in [1.82, 2.24) is 10.0 Å². The topological polar surface area (TPSA) is 47.1 Å². The highest BCUT2D eigenvalue weighted by Crippen LogP contribution is 2.45. The zero-order chi connectivity index (χ0) is 12.5. The van der Waals surface area contributed by atoms with E-state index in [0.717, 1.165) is 13.1 Å². The lowest BCUT2D eigenvalue weighted by atomic mass is 9.75. The first-order valence-corrected chi connectivity index (χ1v) is 7.98. The fourth-order valence-corrected chi connectivity index (χ4v) is 4.13. The maximum absolute atomic E-state index is 12.2. The molecular weight excluding hydrogens is 232 g/mol. The summed E-state index contributed by atoms with van der Waals surface area (Å²) in [5.74, 6) is 0. The van der Waals surface area contributed by atoms with Crippen LogP contribution in [0.5, 0.6) is 0 Å². The smallest absolute Gasteiger partial charge is 0.136 e. The molecule has 2 aliphatic rings. The quantitative estimate of drug-likeness (QED) is 0.744. The summed E-state index contributed by atoms with van der Waals surface area (Å²) >= 11 is -0.925. The average Bonchev–Trinajstić information content (AvgIpc) is 2.61. The summed E-state index contributed by atoms with van der Waals surface area (Å²) in [4.78, 5) is 0. The lowest BCUT2D eigenvalue weighted by molar-refractivity contribution is 0.173. The molecule has 1 spiro atoms. The van der Waals surface area contributed by atoms with Crippen molar-refractivity contribution in [2.24, 2.45) is 5.41 Å². The summed E-state index contributed by atoms with van der Waals surface area (Å²) in [6, 6.07) is 0.463. The lowest BCUT2D eigenvalue weighted by Gasteiger charge is -2.40. The molecule has 4 heteroatoms. The maximum atomic E-state index is 12.2. The molecule has 2 N–H and O–H groups in total. The van der Waals surface area contributed by atoms with Gasteiger partial charge in [0, 0.05) is 11.4 Å². The van der Waals surface area contributed by atoms with Crippen molar-refractivity contribution in [3.63, 3.8) is 0 Å². The minimum absolute atomic E-state index is 0.156. The van der Waals surface area contributed by atoms with Gasteiger partial charge in [0.2, 0.25) is 0 Å². The third-order valence-corrected chi connectivity index (χ3v) is 5.92. The molecule has 2 rings (SSSR count). The highest BCUT2D eigenvalue weighted by atomic mass is 32.2. The van der Waals surface area contributed by atoms with Gasteiger partial charge in [-0.3, -0.25) is 0 Å². The maximum Gasteiger partial charge on any atom is 0.136 e. The molecule has 0 aromatic carbocycles. The molecule has 17 heavy (non-hydrogen) atoms. The van der Waals surface area contributed by atoms with Gasteiger partial charge in [-0.15, -0.1) is 4.72 Å².